The number of anilines is 1. The molecule has 0 radical (unpaired) electrons. The number of halogens is 1. The Morgan fingerprint density at radius 2 is 2.04 bits per heavy atom. The molecule has 0 aromatic heterocycles. The van der Waals surface area contributed by atoms with Crippen LogP contribution in [0.25, 0.3) is 0 Å². The molecule has 0 bridgehead atoms. The first-order valence-corrected chi connectivity index (χ1v) is 8.53. The van der Waals surface area contributed by atoms with Crippen LogP contribution in [0.3, 0.4) is 0 Å². The third kappa shape index (κ3) is 6.84. The second-order valence-corrected chi connectivity index (χ2v) is 6.61. The lowest BCUT2D eigenvalue weighted by Gasteiger charge is -2.27. The first kappa shape index (κ1) is 21.0. The van der Waals surface area contributed by atoms with Gasteiger partial charge in [0.1, 0.15) is 5.75 Å². The number of nitrogens with zero attached hydrogens (tertiary/aromatic N) is 2. The van der Waals surface area contributed by atoms with E-state index >= 15 is 0 Å². The van der Waals surface area contributed by atoms with Crippen LogP contribution in [0.1, 0.15) is 33.1 Å². The van der Waals surface area contributed by atoms with Crippen LogP contribution in [0.4, 0.5) is 5.69 Å². The van der Waals surface area contributed by atoms with Crippen molar-refractivity contribution in [3.05, 3.63) is 24.3 Å². The van der Waals surface area contributed by atoms with E-state index in [0.717, 1.165) is 24.4 Å². The zero-order valence-electron chi connectivity index (χ0n) is 15.0. The van der Waals surface area contributed by atoms with Gasteiger partial charge in [0.15, 0.2) is 5.96 Å². The summed E-state index contributed by atoms with van der Waals surface area (Å²) in [6, 6.07) is 8.19. The molecule has 1 aromatic carbocycles. The fourth-order valence-corrected chi connectivity index (χ4v) is 3.08. The predicted molar refractivity (Wildman–Crippen MR) is 113 cm³/mol. The summed E-state index contributed by atoms with van der Waals surface area (Å²) < 4.78 is 5.22. The summed E-state index contributed by atoms with van der Waals surface area (Å²) in [5, 5.41) is 3.15. The summed E-state index contributed by atoms with van der Waals surface area (Å²) in [6.45, 7) is 7.67. The van der Waals surface area contributed by atoms with Crippen molar-refractivity contribution in [2.24, 2.45) is 16.6 Å². The summed E-state index contributed by atoms with van der Waals surface area (Å²) >= 11 is 0. The van der Waals surface area contributed by atoms with Crippen molar-refractivity contribution in [1.82, 2.24) is 4.90 Å². The van der Waals surface area contributed by atoms with Gasteiger partial charge in [0, 0.05) is 17.8 Å². The summed E-state index contributed by atoms with van der Waals surface area (Å²) in [7, 11) is 1.66. The van der Waals surface area contributed by atoms with Gasteiger partial charge in [-0.2, -0.15) is 0 Å². The van der Waals surface area contributed by atoms with Gasteiger partial charge < -0.3 is 15.8 Å². The van der Waals surface area contributed by atoms with E-state index in [4.69, 9.17) is 10.5 Å². The number of methoxy groups -OCH3 is 1. The molecule has 2 rings (SSSR count). The summed E-state index contributed by atoms with van der Waals surface area (Å²) in [4.78, 5) is 7.13. The number of benzene rings is 1. The molecule has 5 nitrogen and oxygen atoms in total. The second-order valence-electron chi connectivity index (χ2n) is 6.61. The number of rotatable bonds is 7. The van der Waals surface area contributed by atoms with Crippen molar-refractivity contribution in [3.8, 4) is 5.75 Å². The average molecular weight is 446 g/mol. The van der Waals surface area contributed by atoms with Crippen LogP contribution in [0, 0.1) is 5.92 Å². The number of aliphatic imine (C=N–C) groups is 1. The molecule has 1 aliphatic rings. The normalized spacial score (nSPS) is 16.8. The Bertz CT molecular complexity index is 515. The molecule has 1 fully saturated rings. The highest BCUT2D eigenvalue weighted by molar-refractivity contribution is 14.0. The van der Waals surface area contributed by atoms with E-state index in [0.29, 0.717) is 17.9 Å². The lowest BCUT2D eigenvalue weighted by molar-refractivity contribution is 0.218. The highest BCUT2D eigenvalue weighted by Crippen LogP contribution is 2.19. The number of nitrogens with two attached hydrogens (primary N) is 1. The predicted octanol–water partition coefficient (Wildman–Crippen LogP) is 3.55. The molecule has 0 amide bonds. The van der Waals surface area contributed by atoms with Crippen molar-refractivity contribution in [3.63, 3.8) is 0 Å². The molecule has 1 heterocycles. The Morgan fingerprint density at radius 3 is 2.67 bits per heavy atom. The van der Waals surface area contributed by atoms with Gasteiger partial charge in [0.25, 0.3) is 0 Å². The standard InChI is InChI=1S/C18H30N4O.HI/c1-14(2)11-16(22-9-4-5-10-22)13-20-18(19)21-15-7-6-8-17(12-15)23-3;/h6-8,12,14,16H,4-5,9-11,13H2,1-3H3,(H3,19,20,21);1H. The third-order valence-corrected chi connectivity index (χ3v) is 4.22. The largest absolute Gasteiger partial charge is 0.497 e. The van der Waals surface area contributed by atoms with Gasteiger partial charge in [-0.05, 0) is 50.4 Å². The molecule has 1 atom stereocenters. The maximum atomic E-state index is 6.05. The minimum atomic E-state index is 0. The fraction of sp³-hybridized carbons (Fsp3) is 0.611. The molecule has 0 saturated carbocycles. The third-order valence-electron chi connectivity index (χ3n) is 4.22. The lowest BCUT2D eigenvalue weighted by atomic mass is 10.0. The molecule has 1 saturated heterocycles. The van der Waals surface area contributed by atoms with Gasteiger partial charge in [0.05, 0.1) is 13.7 Å². The Balaban J connectivity index is 0.00000288. The number of ether oxygens (including phenoxy) is 1. The number of nitrogens with one attached hydrogen (secondary N) is 1. The molecule has 0 spiro atoms. The number of hydrogen-bond donors (Lipinski definition) is 2. The number of guanidine groups is 1. The first-order valence-electron chi connectivity index (χ1n) is 8.53. The molecule has 1 aliphatic heterocycles. The molecular formula is C18H31IN4O. The van der Waals surface area contributed by atoms with Gasteiger partial charge >= 0.3 is 0 Å². The smallest absolute Gasteiger partial charge is 0.193 e. The highest BCUT2D eigenvalue weighted by atomic mass is 127. The monoisotopic (exact) mass is 446 g/mol. The van der Waals surface area contributed by atoms with Crippen LogP contribution in [0.15, 0.2) is 29.3 Å². The van der Waals surface area contributed by atoms with E-state index in [9.17, 15) is 0 Å². The minimum Gasteiger partial charge on any atom is -0.497 e. The molecule has 6 heteroatoms. The van der Waals surface area contributed by atoms with Gasteiger partial charge in [-0.3, -0.25) is 9.89 Å². The minimum absolute atomic E-state index is 0. The average Bonchev–Trinajstić information content (AvgIpc) is 3.05. The van der Waals surface area contributed by atoms with Crippen molar-refractivity contribution in [1.29, 1.82) is 0 Å². The van der Waals surface area contributed by atoms with Crippen molar-refractivity contribution in [2.45, 2.75) is 39.2 Å². The molecule has 0 aliphatic carbocycles. The quantitative estimate of drug-likeness (QED) is 0.382. The molecular weight excluding hydrogens is 415 g/mol. The first-order chi connectivity index (χ1) is 11.1. The van der Waals surface area contributed by atoms with Gasteiger partial charge in [-0.1, -0.05) is 19.9 Å². The van der Waals surface area contributed by atoms with E-state index in [-0.39, 0.29) is 24.0 Å². The number of likely N-dealkylation sites (tertiary alicyclic amines) is 1. The van der Waals surface area contributed by atoms with E-state index in [1.165, 1.54) is 25.9 Å². The lowest BCUT2D eigenvalue weighted by Crippen LogP contribution is -2.37. The Morgan fingerprint density at radius 1 is 1.33 bits per heavy atom. The SMILES string of the molecule is COc1cccc(NC(N)=NCC(CC(C)C)N2CCCC2)c1.I. The topological polar surface area (TPSA) is 62.9 Å². The van der Waals surface area contributed by atoms with Crippen LogP contribution < -0.4 is 15.8 Å². The van der Waals surface area contributed by atoms with E-state index in [1.807, 2.05) is 24.3 Å². The van der Waals surface area contributed by atoms with Crippen molar-refractivity contribution in [2.75, 3.05) is 32.1 Å². The summed E-state index contributed by atoms with van der Waals surface area (Å²) in [5.41, 5.74) is 6.95. The maximum absolute atomic E-state index is 6.05. The fourth-order valence-electron chi connectivity index (χ4n) is 3.08. The van der Waals surface area contributed by atoms with Crippen LogP contribution in [-0.4, -0.2) is 43.6 Å². The van der Waals surface area contributed by atoms with Crippen molar-refractivity contribution >= 4 is 35.6 Å². The second kappa shape index (κ2) is 10.8. The molecule has 24 heavy (non-hydrogen) atoms. The summed E-state index contributed by atoms with van der Waals surface area (Å²) in [6.07, 6.45) is 3.77. The van der Waals surface area contributed by atoms with Gasteiger partial charge in [-0.15, -0.1) is 24.0 Å². The van der Waals surface area contributed by atoms with Crippen LogP contribution >= 0.6 is 24.0 Å². The van der Waals surface area contributed by atoms with Gasteiger partial charge in [-0.25, -0.2) is 0 Å². The Kier molecular flexibility index (Phi) is 9.43. The zero-order chi connectivity index (χ0) is 16.7. The zero-order valence-corrected chi connectivity index (χ0v) is 17.3. The van der Waals surface area contributed by atoms with E-state index < -0.39 is 0 Å². The highest BCUT2D eigenvalue weighted by Gasteiger charge is 2.22. The summed E-state index contributed by atoms with van der Waals surface area (Å²) in [5.74, 6) is 1.94. The van der Waals surface area contributed by atoms with Crippen molar-refractivity contribution < 1.29 is 4.74 Å². The Labute approximate surface area is 163 Å². The Hall–Kier alpha value is -1.02. The van der Waals surface area contributed by atoms with Crippen LogP contribution in [-0.2, 0) is 0 Å². The molecule has 3 N–H and O–H groups in total. The molecule has 1 aromatic rings. The van der Waals surface area contributed by atoms with E-state index in [2.05, 4.69) is 29.1 Å². The maximum Gasteiger partial charge on any atom is 0.193 e. The van der Waals surface area contributed by atoms with Crippen LogP contribution in [0.2, 0.25) is 0 Å². The van der Waals surface area contributed by atoms with Gasteiger partial charge in [0.2, 0.25) is 0 Å². The van der Waals surface area contributed by atoms with Crippen LogP contribution in [0.5, 0.6) is 5.75 Å². The molecule has 136 valence electrons. The van der Waals surface area contributed by atoms with E-state index in [1.54, 1.807) is 7.11 Å². The number of hydrogen-bond acceptors (Lipinski definition) is 3. The molecule has 1 unspecified atom stereocenters.